The van der Waals surface area contributed by atoms with E-state index in [1.165, 1.54) is 12.2 Å². The van der Waals surface area contributed by atoms with Gasteiger partial charge in [-0.2, -0.15) is 0 Å². The summed E-state index contributed by atoms with van der Waals surface area (Å²) in [5, 5.41) is 3.13. The van der Waals surface area contributed by atoms with Gasteiger partial charge in [0.15, 0.2) is 0 Å². The van der Waals surface area contributed by atoms with Gasteiger partial charge in [-0.15, -0.1) is 0 Å². The fourth-order valence-corrected chi connectivity index (χ4v) is 1.55. The summed E-state index contributed by atoms with van der Waals surface area (Å²) in [6.07, 6.45) is 3.67. The van der Waals surface area contributed by atoms with E-state index in [9.17, 15) is 9.59 Å². The fourth-order valence-electron chi connectivity index (χ4n) is 1.55. The molecule has 0 radical (unpaired) electrons. The zero-order valence-electron chi connectivity index (χ0n) is 6.76. The van der Waals surface area contributed by atoms with Crippen LogP contribution in [0.1, 0.15) is 13.3 Å². The molecule has 1 atom stereocenters. The molecular formula is C9H9NO2. The Morgan fingerprint density at radius 3 is 2.75 bits per heavy atom. The van der Waals surface area contributed by atoms with Crippen molar-refractivity contribution in [2.24, 2.45) is 0 Å². The van der Waals surface area contributed by atoms with Crippen LogP contribution in [0.5, 0.6) is 0 Å². The molecule has 0 amide bonds. The average Bonchev–Trinajstić information content (AvgIpc) is 2.30. The van der Waals surface area contributed by atoms with Gasteiger partial charge < -0.3 is 5.32 Å². The fraction of sp³-hybridized carbons (Fsp3) is 0.333. The molecule has 0 saturated carbocycles. The lowest BCUT2D eigenvalue weighted by Gasteiger charge is -2.05. The lowest BCUT2D eigenvalue weighted by atomic mass is 10.0. The third-order valence-corrected chi connectivity index (χ3v) is 2.10. The summed E-state index contributed by atoms with van der Waals surface area (Å²) < 4.78 is 0. The van der Waals surface area contributed by atoms with Gasteiger partial charge in [0, 0.05) is 17.8 Å². The third-order valence-electron chi connectivity index (χ3n) is 2.10. The standard InChI is InChI=1S/C9H9NO2/c1-5-2-6-3-8(11)9(12)4-7(6)10-5/h3-5,10H,2H2,1H3/t5-/m1/s1. The summed E-state index contributed by atoms with van der Waals surface area (Å²) >= 11 is 0. The van der Waals surface area contributed by atoms with E-state index in [1.807, 2.05) is 6.92 Å². The molecular weight excluding hydrogens is 154 g/mol. The van der Waals surface area contributed by atoms with E-state index in [-0.39, 0.29) is 0 Å². The third kappa shape index (κ3) is 0.978. The number of carbonyl (C=O) groups excluding carboxylic acids is 2. The first-order valence-corrected chi connectivity index (χ1v) is 3.94. The molecule has 0 aromatic carbocycles. The first kappa shape index (κ1) is 7.28. The van der Waals surface area contributed by atoms with Crippen LogP contribution in [0, 0.1) is 0 Å². The van der Waals surface area contributed by atoms with Crippen molar-refractivity contribution in [3.8, 4) is 0 Å². The van der Waals surface area contributed by atoms with E-state index in [1.54, 1.807) is 0 Å². The van der Waals surface area contributed by atoms with Crippen molar-refractivity contribution in [1.29, 1.82) is 0 Å². The summed E-state index contributed by atoms with van der Waals surface area (Å²) in [5.74, 6) is -0.819. The van der Waals surface area contributed by atoms with Crippen LogP contribution in [0.2, 0.25) is 0 Å². The Morgan fingerprint density at radius 1 is 1.33 bits per heavy atom. The van der Waals surface area contributed by atoms with Crippen molar-refractivity contribution in [2.45, 2.75) is 19.4 Å². The van der Waals surface area contributed by atoms with E-state index >= 15 is 0 Å². The molecule has 1 saturated heterocycles. The molecule has 0 bridgehead atoms. The van der Waals surface area contributed by atoms with E-state index in [0.29, 0.717) is 6.04 Å². The Morgan fingerprint density at radius 2 is 2.00 bits per heavy atom. The molecule has 0 unspecified atom stereocenters. The molecule has 62 valence electrons. The molecule has 0 aromatic rings. The number of rotatable bonds is 0. The van der Waals surface area contributed by atoms with Gasteiger partial charge in [0.1, 0.15) is 0 Å². The van der Waals surface area contributed by atoms with Crippen LogP contribution in [0.3, 0.4) is 0 Å². The van der Waals surface area contributed by atoms with Crippen LogP contribution in [0.4, 0.5) is 0 Å². The minimum atomic E-state index is -0.421. The van der Waals surface area contributed by atoms with Crippen molar-refractivity contribution in [3.05, 3.63) is 23.4 Å². The zero-order valence-corrected chi connectivity index (χ0v) is 6.76. The van der Waals surface area contributed by atoms with Crippen molar-refractivity contribution in [3.63, 3.8) is 0 Å². The lowest BCUT2D eigenvalue weighted by Crippen LogP contribution is -2.19. The molecule has 1 aliphatic carbocycles. The van der Waals surface area contributed by atoms with Gasteiger partial charge in [-0.3, -0.25) is 9.59 Å². The first-order chi connectivity index (χ1) is 5.66. The Balaban J connectivity index is 2.39. The van der Waals surface area contributed by atoms with Gasteiger partial charge in [-0.05, 0) is 25.0 Å². The second kappa shape index (κ2) is 2.30. The van der Waals surface area contributed by atoms with Gasteiger partial charge in [-0.25, -0.2) is 0 Å². The minimum absolute atomic E-state index is 0.334. The number of allylic oxidation sites excluding steroid dienone is 3. The van der Waals surface area contributed by atoms with Crippen LogP contribution >= 0.6 is 0 Å². The van der Waals surface area contributed by atoms with E-state index in [4.69, 9.17) is 0 Å². The highest BCUT2D eigenvalue weighted by Gasteiger charge is 2.26. The molecule has 2 aliphatic rings. The quantitative estimate of drug-likeness (QED) is 0.413. The van der Waals surface area contributed by atoms with Crippen molar-refractivity contribution < 1.29 is 9.59 Å². The van der Waals surface area contributed by atoms with Crippen LogP contribution in [-0.4, -0.2) is 17.6 Å². The summed E-state index contributed by atoms with van der Waals surface area (Å²) in [7, 11) is 0. The molecule has 0 spiro atoms. The maximum Gasteiger partial charge on any atom is 0.227 e. The minimum Gasteiger partial charge on any atom is -0.382 e. The normalized spacial score (nSPS) is 27.6. The lowest BCUT2D eigenvalue weighted by molar-refractivity contribution is -0.131. The van der Waals surface area contributed by atoms with Crippen LogP contribution < -0.4 is 5.32 Å². The van der Waals surface area contributed by atoms with Crippen LogP contribution in [0.25, 0.3) is 0 Å². The number of hydrogen-bond donors (Lipinski definition) is 1. The van der Waals surface area contributed by atoms with Gasteiger partial charge in [0.2, 0.25) is 11.6 Å². The molecule has 1 N–H and O–H groups in total. The van der Waals surface area contributed by atoms with Gasteiger partial charge in [0.25, 0.3) is 0 Å². The van der Waals surface area contributed by atoms with Crippen molar-refractivity contribution in [2.75, 3.05) is 0 Å². The maximum absolute atomic E-state index is 10.9. The van der Waals surface area contributed by atoms with Gasteiger partial charge in [-0.1, -0.05) is 0 Å². The maximum atomic E-state index is 10.9. The second-order valence-electron chi connectivity index (χ2n) is 3.21. The smallest absolute Gasteiger partial charge is 0.227 e. The molecule has 3 heteroatoms. The molecule has 1 aliphatic heterocycles. The Labute approximate surface area is 70.1 Å². The predicted octanol–water partition coefficient (Wildman–Crippen LogP) is 0.330. The Hall–Kier alpha value is -1.38. The average molecular weight is 163 g/mol. The molecule has 12 heavy (non-hydrogen) atoms. The molecule has 2 rings (SSSR count). The van der Waals surface area contributed by atoms with Crippen LogP contribution in [-0.2, 0) is 9.59 Å². The van der Waals surface area contributed by atoms with E-state index in [2.05, 4.69) is 5.32 Å². The number of ketones is 2. The summed E-state index contributed by atoms with van der Waals surface area (Å²) in [5.41, 5.74) is 1.79. The second-order valence-corrected chi connectivity index (χ2v) is 3.21. The van der Waals surface area contributed by atoms with Gasteiger partial charge >= 0.3 is 0 Å². The van der Waals surface area contributed by atoms with Crippen LogP contribution in [0.15, 0.2) is 23.4 Å². The van der Waals surface area contributed by atoms with Crippen molar-refractivity contribution in [1.82, 2.24) is 5.32 Å². The molecule has 0 aromatic heterocycles. The van der Waals surface area contributed by atoms with Gasteiger partial charge in [0.05, 0.1) is 0 Å². The largest absolute Gasteiger partial charge is 0.382 e. The molecule has 1 heterocycles. The Bertz CT molecular complexity index is 293. The molecule has 1 fully saturated rings. The highest BCUT2D eigenvalue weighted by Crippen LogP contribution is 2.24. The number of carbonyl (C=O) groups is 2. The topological polar surface area (TPSA) is 46.2 Å². The summed E-state index contributed by atoms with van der Waals surface area (Å²) in [6.45, 7) is 2.02. The number of fused-ring (bicyclic) bond motifs is 1. The SMILES string of the molecule is C[C@@H]1CC2=CC(=O)C(=O)C=C2N1. The molecule has 3 nitrogen and oxygen atoms in total. The van der Waals surface area contributed by atoms with E-state index < -0.39 is 11.6 Å². The van der Waals surface area contributed by atoms with Crippen molar-refractivity contribution >= 4 is 11.6 Å². The predicted molar refractivity (Wildman–Crippen MR) is 43.4 cm³/mol. The monoisotopic (exact) mass is 163 g/mol. The first-order valence-electron chi connectivity index (χ1n) is 3.94. The summed E-state index contributed by atoms with van der Waals surface area (Å²) in [4.78, 5) is 21.9. The highest BCUT2D eigenvalue weighted by molar-refractivity contribution is 6.46. The Kier molecular flexibility index (Phi) is 1.40. The zero-order chi connectivity index (χ0) is 8.72. The number of nitrogens with one attached hydrogen (secondary N) is 1. The number of hydrogen-bond acceptors (Lipinski definition) is 3. The highest BCUT2D eigenvalue weighted by atomic mass is 16.2. The van der Waals surface area contributed by atoms with E-state index in [0.717, 1.165) is 17.7 Å². The summed E-state index contributed by atoms with van der Waals surface area (Å²) in [6, 6.07) is 0.334.